The summed E-state index contributed by atoms with van der Waals surface area (Å²) in [6, 6.07) is 25.1. The lowest BCUT2D eigenvalue weighted by Crippen LogP contribution is -2.37. The van der Waals surface area contributed by atoms with Crippen molar-refractivity contribution in [3.05, 3.63) is 83.9 Å². The summed E-state index contributed by atoms with van der Waals surface area (Å²) in [6.45, 7) is 0. The van der Waals surface area contributed by atoms with Crippen LogP contribution in [-0.4, -0.2) is 36.0 Å². The molecule has 3 aromatic carbocycles. The molecule has 1 heterocycles. The number of nitrogens with one attached hydrogen (secondary N) is 2. The van der Waals surface area contributed by atoms with Gasteiger partial charge < -0.3 is 15.5 Å². The maximum absolute atomic E-state index is 13.3. The number of benzene rings is 3. The number of carbonyl (C=O) groups is 1. The van der Waals surface area contributed by atoms with Gasteiger partial charge in [-0.05, 0) is 60.1 Å². The number of fused-ring (bicyclic) bond motifs is 4. The summed E-state index contributed by atoms with van der Waals surface area (Å²) in [7, 11) is 4.01. The Morgan fingerprint density at radius 2 is 1.42 bits per heavy atom. The van der Waals surface area contributed by atoms with Gasteiger partial charge in [-0.25, -0.2) is 4.98 Å². The molecule has 36 heavy (non-hydrogen) atoms. The Morgan fingerprint density at radius 1 is 0.806 bits per heavy atom. The van der Waals surface area contributed by atoms with Crippen LogP contribution in [0.25, 0.3) is 22.0 Å². The molecule has 0 unspecified atom stereocenters. The molecular formula is C30H31N5O. The molecule has 2 N–H and O–H groups in total. The van der Waals surface area contributed by atoms with Gasteiger partial charge >= 0.3 is 0 Å². The highest BCUT2D eigenvalue weighted by Crippen LogP contribution is 2.43. The Balaban J connectivity index is 1.12. The fourth-order valence-corrected chi connectivity index (χ4v) is 5.72. The van der Waals surface area contributed by atoms with Gasteiger partial charge in [0, 0.05) is 31.4 Å². The second-order valence-electron chi connectivity index (χ2n) is 10.1. The van der Waals surface area contributed by atoms with E-state index in [1.807, 2.05) is 37.2 Å². The van der Waals surface area contributed by atoms with Crippen LogP contribution in [0.5, 0.6) is 0 Å². The lowest BCUT2D eigenvalue weighted by Gasteiger charge is -2.29. The van der Waals surface area contributed by atoms with E-state index in [0.717, 1.165) is 42.4 Å². The van der Waals surface area contributed by atoms with Crippen LogP contribution >= 0.6 is 0 Å². The molecule has 6 rings (SSSR count). The molecule has 0 saturated heterocycles. The number of nitrogens with zero attached hydrogens (tertiary/aromatic N) is 3. The van der Waals surface area contributed by atoms with Gasteiger partial charge in [-0.2, -0.15) is 4.98 Å². The highest BCUT2D eigenvalue weighted by atomic mass is 16.1. The zero-order chi connectivity index (χ0) is 24.6. The predicted octanol–water partition coefficient (Wildman–Crippen LogP) is 5.55. The molecule has 6 nitrogen and oxygen atoms in total. The van der Waals surface area contributed by atoms with E-state index in [1.54, 1.807) is 0 Å². The molecule has 6 heteroatoms. The Morgan fingerprint density at radius 3 is 2.08 bits per heavy atom. The van der Waals surface area contributed by atoms with Gasteiger partial charge in [-0.3, -0.25) is 4.79 Å². The first-order chi connectivity index (χ1) is 17.6. The van der Waals surface area contributed by atoms with Crippen molar-refractivity contribution >= 4 is 28.6 Å². The number of aromatic nitrogens is 2. The van der Waals surface area contributed by atoms with Crippen molar-refractivity contribution in [2.24, 2.45) is 5.92 Å². The quantitative estimate of drug-likeness (QED) is 0.394. The fourth-order valence-electron chi connectivity index (χ4n) is 5.72. The van der Waals surface area contributed by atoms with Gasteiger partial charge in [0.25, 0.3) is 0 Å². The van der Waals surface area contributed by atoms with Crippen molar-refractivity contribution in [1.82, 2.24) is 15.3 Å². The average Bonchev–Trinajstić information content (AvgIpc) is 3.22. The number of carbonyl (C=O) groups excluding carboxylic acids is 1. The minimum Gasteiger partial charge on any atom is -0.362 e. The minimum absolute atomic E-state index is 0.0258. The standard InChI is InChI=1S/C30H31N5O/c1-35(2)28-25-13-7-8-14-26(25)32-30(34-28)31-20-17-15-19(16-18-20)29(36)33-27-23-11-5-3-9-21(23)22-10-4-6-12-24(22)27/h3-14,19-20,27H,15-18H2,1-2H3,(H,33,36)(H,31,32,34)/t19-,20+. The van der Waals surface area contributed by atoms with Crippen molar-refractivity contribution in [3.8, 4) is 11.1 Å². The van der Waals surface area contributed by atoms with Crippen molar-refractivity contribution in [3.63, 3.8) is 0 Å². The maximum atomic E-state index is 13.3. The number of hydrogen-bond acceptors (Lipinski definition) is 5. The van der Waals surface area contributed by atoms with E-state index in [9.17, 15) is 4.79 Å². The van der Waals surface area contributed by atoms with E-state index in [1.165, 1.54) is 22.3 Å². The van der Waals surface area contributed by atoms with Crippen molar-refractivity contribution < 1.29 is 4.79 Å². The summed E-state index contributed by atoms with van der Waals surface area (Å²) in [4.78, 5) is 24.9. The average molecular weight is 478 g/mol. The van der Waals surface area contributed by atoms with Crippen LogP contribution in [0.4, 0.5) is 11.8 Å². The second-order valence-corrected chi connectivity index (χ2v) is 10.1. The van der Waals surface area contributed by atoms with Gasteiger partial charge in [0.2, 0.25) is 11.9 Å². The predicted molar refractivity (Wildman–Crippen MR) is 145 cm³/mol. The zero-order valence-electron chi connectivity index (χ0n) is 20.7. The smallest absolute Gasteiger partial charge is 0.225 e. The van der Waals surface area contributed by atoms with Gasteiger partial charge in [0.15, 0.2) is 0 Å². The molecule has 0 spiro atoms. The van der Waals surface area contributed by atoms with Crippen LogP contribution in [0, 0.1) is 5.92 Å². The normalized spacial score (nSPS) is 18.9. The van der Waals surface area contributed by atoms with E-state index in [0.29, 0.717) is 5.95 Å². The molecule has 1 fully saturated rings. The Bertz CT molecular complexity index is 1380. The molecule has 1 amide bonds. The van der Waals surface area contributed by atoms with Gasteiger partial charge in [0.05, 0.1) is 11.6 Å². The first kappa shape index (κ1) is 22.5. The molecular weight excluding hydrogens is 446 g/mol. The van der Waals surface area contributed by atoms with Crippen molar-refractivity contribution in [2.75, 3.05) is 24.3 Å². The minimum atomic E-state index is -0.0730. The second kappa shape index (κ2) is 9.26. The highest BCUT2D eigenvalue weighted by Gasteiger charge is 2.33. The van der Waals surface area contributed by atoms with Crippen LogP contribution in [0.15, 0.2) is 72.8 Å². The molecule has 182 valence electrons. The van der Waals surface area contributed by atoms with Crippen LogP contribution in [0.1, 0.15) is 42.9 Å². The van der Waals surface area contributed by atoms with E-state index >= 15 is 0 Å². The summed E-state index contributed by atoms with van der Waals surface area (Å²) in [5.41, 5.74) is 5.75. The zero-order valence-corrected chi connectivity index (χ0v) is 20.7. The van der Waals surface area contributed by atoms with Crippen LogP contribution in [0.2, 0.25) is 0 Å². The molecule has 4 aromatic rings. The summed E-state index contributed by atoms with van der Waals surface area (Å²) in [6.07, 6.45) is 3.55. The summed E-state index contributed by atoms with van der Waals surface area (Å²) in [5.74, 6) is 1.75. The first-order valence-corrected chi connectivity index (χ1v) is 12.8. The molecule has 2 aliphatic rings. The third-order valence-electron chi connectivity index (χ3n) is 7.56. The van der Waals surface area contributed by atoms with Gasteiger partial charge in [-0.1, -0.05) is 60.7 Å². The fraction of sp³-hybridized carbons (Fsp3) is 0.300. The van der Waals surface area contributed by atoms with Crippen LogP contribution < -0.4 is 15.5 Å². The largest absolute Gasteiger partial charge is 0.362 e. The maximum Gasteiger partial charge on any atom is 0.225 e. The summed E-state index contributed by atoms with van der Waals surface area (Å²) in [5, 5.41) is 7.97. The third kappa shape index (κ3) is 4.06. The monoisotopic (exact) mass is 477 g/mol. The van der Waals surface area contributed by atoms with Gasteiger partial charge in [0.1, 0.15) is 5.82 Å². The molecule has 0 atom stereocenters. The van der Waals surface area contributed by atoms with E-state index in [4.69, 9.17) is 9.97 Å². The lowest BCUT2D eigenvalue weighted by atomic mass is 9.85. The summed E-state index contributed by atoms with van der Waals surface area (Å²) < 4.78 is 0. The first-order valence-electron chi connectivity index (χ1n) is 12.8. The van der Waals surface area contributed by atoms with Crippen molar-refractivity contribution in [1.29, 1.82) is 0 Å². The molecule has 0 aliphatic heterocycles. The number of anilines is 2. The third-order valence-corrected chi connectivity index (χ3v) is 7.56. The molecule has 2 aliphatic carbocycles. The number of rotatable bonds is 5. The van der Waals surface area contributed by atoms with Gasteiger partial charge in [-0.15, -0.1) is 0 Å². The Kier molecular flexibility index (Phi) is 5.80. The molecule has 1 saturated carbocycles. The SMILES string of the molecule is CN(C)c1nc(N[C@H]2CC[C@@H](C(=O)NC3c4ccccc4-c4ccccc43)CC2)nc2ccccc12. The van der Waals surface area contributed by atoms with E-state index in [2.05, 4.69) is 65.2 Å². The van der Waals surface area contributed by atoms with Crippen LogP contribution in [-0.2, 0) is 4.79 Å². The van der Waals surface area contributed by atoms with E-state index < -0.39 is 0 Å². The topological polar surface area (TPSA) is 70.2 Å². The summed E-state index contributed by atoms with van der Waals surface area (Å²) >= 11 is 0. The molecule has 0 radical (unpaired) electrons. The van der Waals surface area contributed by atoms with Crippen molar-refractivity contribution in [2.45, 2.75) is 37.8 Å². The molecule has 1 aromatic heterocycles. The molecule has 0 bridgehead atoms. The lowest BCUT2D eigenvalue weighted by molar-refractivity contribution is -0.126. The van der Waals surface area contributed by atoms with Crippen LogP contribution in [0.3, 0.4) is 0 Å². The van der Waals surface area contributed by atoms with E-state index in [-0.39, 0.29) is 23.9 Å². The number of hydrogen-bond donors (Lipinski definition) is 2. The Labute approximate surface area is 211 Å². The number of amides is 1. The number of para-hydroxylation sites is 1. The highest BCUT2D eigenvalue weighted by molar-refractivity contribution is 5.90. The Hall–Kier alpha value is -3.93.